The number of hydrogen-bond donors (Lipinski definition) is 4. The summed E-state index contributed by atoms with van der Waals surface area (Å²) in [5, 5.41) is 25.9. The van der Waals surface area contributed by atoms with Gasteiger partial charge in [-0.15, -0.1) is 0 Å². The van der Waals surface area contributed by atoms with Crippen molar-refractivity contribution < 1.29 is 41.8 Å². The van der Waals surface area contributed by atoms with Crippen molar-refractivity contribution in [2.75, 3.05) is 0 Å². The Morgan fingerprint density at radius 3 is 0.818 bits per heavy atom. The van der Waals surface area contributed by atoms with Gasteiger partial charge in [-0.3, -0.25) is 0 Å². The SMILES string of the molecule is CCC[Si](O)(CCC)CCC.Oc1ccccc1.Oc1ccccc1.Oc1ccccc1.[Ti]. The fourth-order valence-electron chi connectivity index (χ4n) is 3.06. The number of rotatable bonds is 6. The molecule has 0 fully saturated rings. The van der Waals surface area contributed by atoms with Crippen molar-refractivity contribution in [2.24, 2.45) is 0 Å². The van der Waals surface area contributed by atoms with Crippen LogP contribution in [0, 0.1) is 0 Å². The summed E-state index contributed by atoms with van der Waals surface area (Å²) in [5.74, 6) is 0.965. The van der Waals surface area contributed by atoms with E-state index in [2.05, 4.69) is 20.8 Å². The molecule has 0 saturated heterocycles. The minimum absolute atomic E-state index is 0. The zero-order chi connectivity index (χ0) is 24.1. The Bertz CT molecular complexity index is 668. The predicted octanol–water partition coefficient (Wildman–Crippen LogP) is 7.33. The number of phenols is 3. The maximum absolute atomic E-state index is 10.2. The number of para-hydroxylation sites is 3. The average Bonchev–Trinajstić information content (AvgIpc) is 2.77. The molecule has 0 bridgehead atoms. The van der Waals surface area contributed by atoms with Crippen LogP contribution in [0.15, 0.2) is 91.0 Å². The molecule has 4 N–H and O–H groups in total. The first-order valence-corrected chi connectivity index (χ1v) is 13.9. The van der Waals surface area contributed by atoms with Crippen LogP contribution < -0.4 is 0 Å². The number of aromatic hydroxyl groups is 3. The third-order valence-corrected chi connectivity index (χ3v) is 8.71. The minimum Gasteiger partial charge on any atom is -0.508 e. The van der Waals surface area contributed by atoms with Crippen molar-refractivity contribution in [1.82, 2.24) is 0 Å². The van der Waals surface area contributed by atoms with Crippen LogP contribution in [0.3, 0.4) is 0 Å². The maximum atomic E-state index is 10.2. The smallest absolute Gasteiger partial charge is 0.188 e. The third kappa shape index (κ3) is 20.3. The second-order valence-electron chi connectivity index (χ2n) is 7.48. The summed E-state index contributed by atoms with van der Waals surface area (Å²) in [6.07, 6.45) is 3.47. The molecule has 0 aliphatic rings. The second kappa shape index (κ2) is 21.8. The molecule has 3 aromatic rings. The largest absolute Gasteiger partial charge is 0.508 e. The van der Waals surface area contributed by atoms with Crippen molar-refractivity contribution in [3.8, 4) is 17.2 Å². The normalized spacial score (nSPS) is 9.45. The molecule has 0 amide bonds. The van der Waals surface area contributed by atoms with E-state index in [9.17, 15) is 4.80 Å². The van der Waals surface area contributed by atoms with Gasteiger partial charge in [-0.2, -0.15) is 0 Å². The quantitative estimate of drug-likeness (QED) is 0.265. The Labute approximate surface area is 216 Å². The topological polar surface area (TPSA) is 80.9 Å². The van der Waals surface area contributed by atoms with Crippen LogP contribution in [-0.4, -0.2) is 28.4 Å². The van der Waals surface area contributed by atoms with Gasteiger partial charge in [0, 0.05) is 21.7 Å². The molecular weight excluding hydrogens is 464 g/mol. The zero-order valence-corrected chi connectivity index (χ0v) is 22.8. The molecular formula is C27H40O4SiTi. The molecule has 0 unspecified atom stereocenters. The molecule has 4 nitrogen and oxygen atoms in total. The second-order valence-corrected chi connectivity index (χ2v) is 11.4. The molecule has 0 spiro atoms. The molecule has 0 aliphatic heterocycles. The molecule has 0 saturated carbocycles. The Morgan fingerprint density at radius 2 is 0.697 bits per heavy atom. The average molecular weight is 505 g/mol. The molecule has 0 aromatic heterocycles. The van der Waals surface area contributed by atoms with Gasteiger partial charge in [0.1, 0.15) is 17.2 Å². The van der Waals surface area contributed by atoms with Crippen LogP contribution in [0.25, 0.3) is 0 Å². The van der Waals surface area contributed by atoms with Crippen LogP contribution in [0.4, 0.5) is 0 Å². The standard InChI is InChI=1S/C9H22OSi.3C6H6O.Ti/c1-4-7-11(10,8-5-2)9-6-3;3*7-6-4-2-1-3-5-6;/h10H,4-9H2,1-3H3;3*1-5,7H;. The van der Waals surface area contributed by atoms with Crippen molar-refractivity contribution in [2.45, 2.75) is 58.2 Å². The van der Waals surface area contributed by atoms with E-state index in [-0.39, 0.29) is 21.7 Å². The molecule has 0 atom stereocenters. The summed E-state index contributed by atoms with van der Waals surface area (Å²) in [5.41, 5.74) is 0. The maximum Gasteiger partial charge on any atom is 0.188 e. The van der Waals surface area contributed by atoms with Crippen molar-refractivity contribution in [1.29, 1.82) is 0 Å². The van der Waals surface area contributed by atoms with Gasteiger partial charge in [-0.25, -0.2) is 0 Å². The molecule has 33 heavy (non-hydrogen) atoms. The van der Waals surface area contributed by atoms with Crippen molar-refractivity contribution in [3.05, 3.63) is 91.0 Å². The molecule has 0 heterocycles. The van der Waals surface area contributed by atoms with Crippen LogP contribution >= 0.6 is 0 Å². The van der Waals surface area contributed by atoms with E-state index in [4.69, 9.17) is 15.3 Å². The summed E-state index contributed by atoms with van der Waals surface area (Å²) in [7, 11) is -1.75. The van der Waals surface area contributed by atoms with Crippen molar-refractivity contribution >= 4 is 8.32 Å². The summed E-state index contributed by atoms with van der Waals surface area (Å²) >= 11 is 0. The first kappa shape index (κ1) is 33.1. The summed E-state index contributed by atoms with van der Waals surface area (Å²) in [6, 6.07) is 29.5. The van der Waals surface area contributed by atoms with Gasteiger partial charge in [0.05, 0.1) is 0 Å². The summed E-state index contributed by atoms with van der Waals surface area (Å²) in [6.45, 7) is 6.51. The van der Waals surface area contributed by atoms with E-state index in [0.717, 1.165) is 37.4 Å². The molecule has 0 aliphatic carbocycles. The number of hydrogen-bond acceptors (Lipinski definition) is 4. The fourth-order valence-corrected chi connectivity index (χ4v) is 6.60. The van der Waals surface area contributed by atoms with E-state index in [1.165, 1.54) is 0 Å². The Morgan fingerprint density at radius 1 is 0.485 bits per heavy atom. The van der Waals surface area contributed by atoms with Gasteiger partial charge < -0.3 is 20.1 Å². The molecule has 180 valence electrons. The van der Waals surface area contributed by atoms with Gasteiger partial charge in [-0.05, 0) is 54.5 Å². The van der Waals surface area contributed by atoms with E-state index >= 15 is 0 Å². The fraction of sp³-hybridized carbons (Fsp3) is 0.333. The van der Waals surface area contributed by atoms with Crippen LogP contribution in [-0.2, 0) is 21.7 Å². The van der Waals surface area contributed by atoms with Gasteiger partial charge in [0.2, 0.25) is 0 Å². The molecule has 6 heteroatoms. The van der Waals surface area contributed by atoms with Crippen LogP contribution in [0.5, 0.6) is 17.2 Å². The van der Waals surface area contributed by atoms with Gasteiger partial charge in [-0.1, -0.05) is 94.6 Å². The van der Waals surface area contributed by atoms with Gasteiger partial charge in [0.15, 0.2) is 8.32 Å². The van der Waals surface area contributed by atoms with Gasteiger partial charge in [0.25, 0.3) is 0 Å². The third-order valence-electron chi connectivity index (χ3n) is 4.41. The summed E-state index contributed by atoms with van der Waals surface area (Å²) < 4.78 is 0. The number of phenolic OH excluding ortho intramolecular Hbond substituents is 3. The number of benzene rings is 3. The van der Waals surface area contributed by atoms with Gasteiger partial charge >= 0.3 is 0 Å². The minimum atomic E-state index is -1.75. The first-order chi connectivity index (χ1) is 15.4. The Kier molecular flexibility index (Phi) is 21.9. The zero-order valence-electron chi connectivity index (χ0n) is 20.2. The molecule has 0 radical (unpaired) electrons. The first-order valence-electron chi connectivity index (χ1n) is 11.3. The molecule has 3 aromatic carbocycles. The monoisotopic (exact) mass is 504 g/mol. The predicted molar refractivity (Wildman–Crippen MR) is 138 cm³/mol. The van der Waals surface area contributed by atoms with Crippen molar-refractivity contribution in [3.63, 3.8) is 0 Å². The van der Waals surface area contributed by atoms with E-state index in [0.29, 0.717) is 17.2 Å². The Balaban J connectivity index is 0. The summed E-state index contributed by atoms with van der Waals surface area (Å²) in [4.78, 5) is 10.2. The van der Waals surface area contributed by atoms with E-state index in [1.54, 1.807) is 72.8 Å². The van der Waals surface area contributed by atoms with E-state index < -0.39 is 8.32 Å². The van der Waals surface area contributed by atoms with Crippen LogP contribution in [0.2, 0.25) is 18.1 Å². The van der Waals surface area contributed by atoms with Crippen LogP contribution in [0.1, 0.15) is 40.0 Å². The Hall–Kier alpha value is -2.05. The van der Waals surface area contributed by atoms with E-state index in [1.807, 2.05) is 18.2 Å². The molecule has 3 rings (SSSR count).